The van der Waals surface area contributed by atoms with Gasteiger partial charge in [0, 0.05) is 0 Å². The van der Waals surface area contributed by atoms with Crippen molar-refractivity contribution in [3.63, 3.8) is 0 Å². The summed E-state index contributed by atoms with van der Waals surface area (Å²) in [5.74, 6) is 2.28. The molecule has 4 atom stereocenters. The summed E-state index contributed by atoms with van der Waals surface area (Å²) in [7, 11) is 0. The molecule has 0 heterocycles. The maximum Gasteiger partial charge on any atom is 0.0576 e. The molecule has 1 nitrogen and oxygen atoms in total. The average molecular weight is 182 g/mol. The lowest BCUT2D eigenvalue weighted by Crippen LogP contribution is -2.39. The van der Waals surface area contributed by atoms with E-state index in [9.17, 15) is 5.11 Å². The monoisotopic (exact) mass is 182 g/mol. The van der Waals surface area contributed by atoms with Crippen LogP contribution in [0.5, 0.6) is 0 Å². The summed E-state index contributed by atoms with van der Waals surface area (Å²) in [5.41, 5.74) is 0.374. The molecule has 2 aliphatic carbocycles. The summed E-state index contributed by atoms with van der Waals surface area (Å²) in [6.45, 7) is 6.97. The molecule has 2 aliphatic rings. The summed E-state index contributed by atoms with van der Waals surface area (Å²) in [5, 5.41) is 10.0. The van der Waals surface area contributed by atoms with Crippen molar-refractivity contribution >= 4 is 0 Å². The predicted molar refractivity (Wildman–Crippen MR) is 54.4 cm³/mol. The fourth-order valence-corrected chi connectivity index (χ4v) is 3.57. The molecule has 0 saturated heterocycles. The van der Waals surface area contributed by atoms with Gasteiger partial charge in [-0.05, 0) is 42.4 Å². The van der Waals surface area contributed by atoms with Gasteiger partial charge in [0.1, 0.15) is 0 Å². The Balaban J connectivity index is 2.14. The maximum absolute atomic E-state index is 10.0. The summed E-state index contributed by atoms with van der Waals surface area (Å²) >= 11 is 0. The molecule has 0 radical (unpaired) electrons. The van der Waals surface area contributed by atoms with Crippen LogP contribution in [0.2, 0.25) is 0 Å². The Morgan fingerprint density at radius 1 is 1.08 bits per heavy atom. The Bertz CT molecular complexity index is 197. The summed E-state index contributed by atoms with van der Waals surface area (Å²) < 4.78 is 0. The van der Waals surface area contributed by atoms with Crippen LogP contribution in [0.1, 0.15) is 46.5 Å². The van der Waals surface area contributed by atoms with Crippen molar-refractivity contribution in [2.75, 3.05) is 0 Å². The van der Waals surface area contributed by atoms with Gasteiger partial charge in [-0.25, -0.2) is 0 Å². The number of hydrogen-bond donors (Lipinski definition) is 1. The van der Waals surface area contributed by atoms with E-state index in [0.29, 0.717) is 11.3 Å². The number of hydrogen-bond acceptors (Lipinski definition) is 1. The fraction of sp³-hybridized carbons (Fsp3) is 1.00. The molecular weight excluding hydrogens is 160 g/mol. The minimum atomic E-state index is -0.0151. The van der Waals surface area contributed by atoms with E-state index in [0.717, 1.165) is 18.3 Å². The molecular formula is C12H22O. The average Bonchev–Trinajstić information content (AvgIpc) is 2.30. The van der Waals surface area contributed by atoms with Crippen molar-refractivity contribution < 1.29 is 5.11 Å². The fourth-order valence-electron chi connectivity index (χ4n) is 3.57. The Labute approximate surface area is 81.5 Å². The van der Waals surface area contributed by atoms with Gasteiger partial charge in [0.25, 0.3) is 0 Å². The quantitative estimate of drug-likeness (QED) is 0.611. The number of aliphatic hydroxyl groups is 1. The zero-order valence-corrected chi connectivity index (χ0v) is 9.09. The Kier molecular flexibility index (Phi) is 2.18. The normalized spacial score (nSPS) is 48.9. The first-order chi connectivity index (χ1) is 5.99. The third-order valence-corrected chi connectivity index (χ3v) is 4.28. The van der Waals surface area contributed by atoms with Gasteiger partial charge in [0.15, 0.2) is 0 Å². The molecule has 1 N–H and O–H groups in total. The molecule has 0 unspecified atom stereocenters. The molecule has 0 aromatic carbocycles. The summed E-state index contributed by atoms with van der Waals surface area (Å²) in [4.78, 5) is 0. The molecule has 0 spiro atoms. The molecule has 2 fully saturated rings. The van der Waals surface area contributed by atoms with Crippen molar-refractivity contribution in [1.82, 2.24) is 0 Å². The van der Waals surface area contributed by atoms with Gasteiger partial charge in [-0.3, -0.25) is 0 Å². The van der Waals surface area contributed by atoms with Gasteiger partial charge in [0.2, 0.25) is 0 Å². The number of rotatable bonds is 0. The largest absolute Gasteiger partial charge is 0.393 e. The second kappa shape index (κ2) is 2.98. The van der Waals surface area contributed by atoms with Gasteiger partial charge in [-0.2, -0.15) is 0 Å². The SMILES string of the molecule is C[C@@H]1CC[C@@H]2[C@H]1CC(C)(C)C[C@@H]2O. The molecule has 76 valence electrons. The van der Waals surface area contributed by atoms with Crippen LogP contribution in [0.3, 0.4) is 0 Å². The highest BCUT2D eigenvalue weighted by atomic mass is 16.3. The third-order valence-electron chi connectivity index (χ3n) is 4.28. The van der Waals surface area contributed by atoms with E-state index in [4.69, 9.17) is 0 Å². The maximum atomic E-state index is 10.0. The Morgan fingerprint density at radius 2 is 1.77 bits per heavy atom. The smallest absolute Gasteiger partial charge is 0.0576 e. The van der Waals surface area contributed by atoms with Crippen LogP contribution in [0.4, 0.5) is 0 Å². The van der Waals surface area contributed by atoms with Crippen molar-refractivity contribution in [2.24, 2.45) is 23.2 Å². The molecule has 0 bridgehead atoms. The first-order valence-corrected chi connectivity index (χ1v) is 5.68. The first-order valence-electron chi connectivity index (χ1n) is 5.68. The van der Waals surface area contributed by atoms with Crippen LogP contribution in [0.25, 0.3) is 0 Å². The second-order valence-corrected chi connectivity index (χ2v) is 6.02. The summed E-state index contributed by atoms with van der Waals surface area (Å²) in [6.07, 6.45) is 4.93. The van der Waals surface area contributed by atoms with E-state index in [1.807, 2.05) is 0 Å². The lowest BCUT2D eigenvalue weighted by molar-refractivity contribution is -0.0170. The minimum absolute atomic E-state index is 0.0151. The van der Waals surface area contributed by atoms with Crippen LogP contribution in [0, 0.1) is 23.2 Å². The number of aliphatic hydroxyl groups excluding tert-OH is 1. The van der Waals surface area contributed by atoms with E-state index in [1.165, 1.54) is 19.3 Å². The van der Waals surface area contributed by atoms with E-state index in [-0.39, 0.29) is 6.10 Å². The zero-order chi connectivity index (χ0) is 9.64. The van der Waals surface area contributed by atoms with E-state index in [2.05, 4.69) is 20.8 Å². The lowest BCUT2D eigenvalue weighted by Gasteiger charge is -2.42. The van der Waals surface area contributed by atoms with Crippen molar-refractivity contribution in [2.45, 2.75) is 52.6 Å². The standard InChI is InChI=1S/C12H22O/c1-8-4-5-9-10(8)6-12(2,3)7-11(9)13/h8-11,13H,4-7H2,1-3H3/t8-,9-,10+,11+/m1/s1. The first kappa shape index (κ1) is 9.51. The molecule has 2 rings (SSSR count). The van der Waals surface area contributed by atoms with Gasteiger partial charge in [-0.15, -0.1) is 0 Å². The zero-order valence-electron chi connectivity index (χ0n) is 9.09. The third kappa shape index (κ3) is 1.63. The topological polar surface area (TPSA) is 20.2 Å². The molecule has 0 aliphatic heterocycles. The number of fused-ring (bicyclic) bond motifs is 1. The Morgan fingerprint density at radius 3 is 2.46 bits per heavy atom. The highest BCUT2D eigenvalue weighted by Gasteiger charge is 2.45. The molecule has 1 heteroatoms. The van der Waals surface area contributed by atoms with Gasteiger partial charge < -0.3 is 5.11 Å². The van der Waals surface area contributed by atoms with Gasteiger partial charge in [-0.1, -0.05) is 27.2 Å². The van der Waals surface area contributed by atoms with Crippen LogP contribution < -0.4 is 0 Å². The van der Waals surface area contributed by atoms with Crippen LogP contribution >= 0.6 is 0 Å². The molecule has 0 aromatic rings. The minimum Gasteiger partial charge on any atom is -0.393 e. The highest BCUT2D eigenvalue weighted by Crippen LogP contribution is 2.51. The molecule has 2 saturated carbocycles. The van der Waals surface area contributed by atoms with Crippen molar-refractivity contribution in [1.29, 1.82) is 0 Å². The van der Waals surface area contributed by atoms with Gasteiger partial charge >= 0.3 is 0 Å². The molecule has 0 amide bonds. The van der Waals surface area contributed by atoms with Crippen LogP contribution in [0.15, 0.2) is 0 Å². The highest BCUT2D eigenvalue weighted by molar-refractivity contribution is 4.95. The van der Waals surface area contributed by atoms with Crippen molar-refractivity contribution in [3.8, 4) is 0 Å². The predicted octanol–water partition coefficient (Wildman–Crippen LogP) is 2.83. The van der Waals surface area contributed by atoms with Crippen LogP contribution in [-0.2, 0) is 0 Å². The molecule has 0 aromatic heterocycles. The van der Waals surface area contributed by atoms with Gasteiger partial charge in [0.05, 0.1) is 6.10 Å². The lowest BCUT2D eigenvalue weighted by atomic mass is 9.65. The van der Waals surface area contributed by atoms with E-state index < -0.39 is 0 Å². The van der Waals surface area contributed by atoms with Crippen LogP contribution in [-0.4, -0.2) is 11.2 Å². The summed E-state index contributed by atoms with van der Waals surface area (Å²) in [6, 6.07) is 0. The second-order valence-electron chi connectivity index (χ2n) is 6.02. The van der Waals surface area contributed by atoms with Crippen molar-refractivity contribution in [3.05, 3.63) is 0 Å². The van der Waals surface area contributed by atoms with E-state index in [1.54, 1.807) is 0 Å². The molecule has 13 heavy (non-hydrogen) atoms. The Hall–Kier alpha value is -0.0400. The van der Waals surface area contributed by atoms with E-state index >= 15 is 0 Å².